The molecule has 0 N–H and O–H groups in total. The first kappa shape index (κ1) is 18.2. The molecule has 19 heavy (non-hydrogen) atoms. The molecule has 14 heteroatoms. The Morgan fingerprint density at radius 3 is 1.37 bits per heavy atom. The van der Waals surface area contributed by atoms with Crippen molar-refractivity contribution in [3.05, 3.63) is 4.72 Å². The zero-order valence-electron chi connectivity index (χ0n) is 8.16. The third-order valence-electron chi connectivity index (χ3n) is 1.50. The first-order chi connectivity index (χ1) is 7.96. The fourth-order valence-electron chi connectivity index (χ4n) is 0.483. The topological polar surface area (TPSA) is 48.2 Å². The highest BCUT2D eigenvalue weighted by Gasteiger charge is 2.64. The minimum absolute atomic E-state index is 1.16. The maximum absolute atomic E-state index is 12.2. The van der Waals surface area contributed by atoms with Crippen LogP contribution in [-0.2, 0) is 10.0 Å². The zero-order valence-corrected chi connectivity index (χ0v) is 8.98. The first-order valence-electron chi connectivity index (χ1n) is 3.78. The lowest BCUT2D eigenvalue weighted by Gasteiger charge is -2.31. The Kier molecular flexibility index (Phi) is 4.45. The molecule has 0 rings (SSSR count). The van der Waals surface area contributed by atoms with Crippen molar-refractivity contribution in [2.24, 2.45) is 0 Å². The van der Waals surface area contributed by atoms with Crippen LogP contribution in [0.3, 0.4) is 0 Å². The van der Waals surface area contributed by atoms with E-state index in [-0.39, 0.29) is 0 Å². The van der Waals surface area contributed by atoms with Gasteiger partial charge in [-0.2, -0.15) is 43.9 Å². The quantitative estimate of drug-likeness (QED) is 0.744. The number of alkyl halides is 10. The van der Waals surface area contributed by atoms with Gasteiger partial charge in [-0.1, -0.05) is 6.54 Å². The normalized spacial score (nSPS) is 15.7. The molecule has 0 aliphatic rings. The van der Waals surface area contributed by atoms with Gasteiger partial charge in [0.1, 0.15) is 10.0 Å². The number of hydrogen-bond acceptors (Lipinski definition) is 2. The van der Waals surface area contributed by atoms with Crippen molar-refractivity contribution in [2.75, 3.05) is 6.54 Å². The van der Waals surface area contributed by atoms with E-state index in [0.717, 1.165) is 4.72 Å². The van der Waals surface area contributed by atoms with Crippen LogP contribution in [0.2, 0.25) is 0 Å². The van der Waals surface area contributed by atoms with Crippen molar-refractivity contribution in [1.29, 1.82) is 0 Å². The summed E-state index contributed by atoms with van der Waals surface area (Å²) in [6.07, 6.45) is -13.1. The monoisotopic (exact) mass is 330 g/mol. The van der Waals surface area contributed by atoms with E-state index in [9.17, 15) is 52.3 Å². The van der Waals surface area contributed by atoms with Crippen LogP contribution in [0.25, 0.3) is 4.72 Å². The van der Waals surface area contributed by atoms with Crippen LogP contribution in [0.1, 0.15) is 0 Å². The molecule has 0 aromatic carbocycles. The highest BCUT2D eigenvalue weighted by Crippen LogP contribution is 2.44. The third kappa shape index (κ3) is 3.61. The van der Waals surface area contributed by atoms with Crippen molar-refractivity contribution >= 4 is 10.0 Å². The minimum Gasteiger partial charge on any atom is -0.538 e. The summed E-state index contributed by atoms with van der Waals surface area (Å²) in [6, 6.07) is 0. The molecule has 0 aromatic rings. The second-order valence-corrected chi connectivity index (χ2v) is 4.70. The van der Waals surface area contributed by atoms with Crippen molar-refractivity contribution in [3.8, 4) is 0 Å². The Labute approximate surface area is 98.2 Å². The van der Waals surface area contributed by atoms with Crippen LogP contribution in [0, 0.1) is 0 Å². The van der Waals surface area contributed by atoms with Gasteiger partial charge >= 0.3 is 23.5 Å². The molecule has 0 aliphatic carbocycles. The smallest absolute Gasteiger partial charge is 0.467 e. The molecular formula is C5H2F10NO2S-. The van der Waals surface area contributed by atoms with Gasteiger partial charge in [0, 0.05) is 0 Å². The number of sulfonamides is 1. The summed E-state index contributed by atoms with van der Waals surface area (Å²) in [6.45, 7) is -3.11. The molecule has 116 valence electrons. The summed E-state index contributed by atoms with van der Waals surface area (Å²) in [5, 5.41) is -6.57. The van der Waals surface area contributed by atoms with E-state index in [0.29, 0.717) is 0 Å². The average molecular weight is 330 g/mol. The summed E-state index contributed by atoms with van der Waals surface area (Å²) in [4.78, 5) is 0. The van der Waals surface area contributed by atoms with Crippen LogP contribution >= 0.6 is 0 Å². The molecule has 0 fully saturated rings. The van der Waals surface area contributed by atoms with Crippen LogP contribution in [0.4, 0.5) is 43.9 Å². The summed E-state index contributed by atoms with van der Waals surface area (Å²) in [5.41, 5.74) is 0. The van der Waals surface area contributed by atoms with Gasteiger partial charge in [-0.25, -0.2) is 8.42 Å². The van der Waals surface area contributed by atoms with Crippen LogP contribution in [0.15, 0.2) is 0 Å². The molecule has 0 atom stereocenters. The van der Waals surface area contributed by atoms with E-state index in [1.165, 1.54) is 0 Å². The van der Waals surface area contributed by atoms with Gasteiger partial charge in [-0.15, -0.1) is 0 Å². The standard InChI is InChI=1S/C5H2F10NO2S/c6-2(7,3(8,9)10)1-16-19(17,18)5(14,15)4(11,12)13/h1H2/q-1. The summed E-state index contributed by atoms with van der Waals surface area (Å²) in [7, 11) is -6.92. The van der Waals surface area contributed by atoms with Gasteiger partial charge in [0.25, 0.3) is 0 Å². The van der Waals surface area contributed by atoms with E-state index in [2.05, 4.69) is 0 Å². The SMILES string of the molecule is O=S(=O)([N-]CC(F)(F)C(F)(F)F)C(F)(F)C(F)(F)F. The Bertz CT molecular complexity index is 420. The van der Waals surface area contributed by atoms with Gasteiger partial charge in [-0.05, 0) is 0 Å². The lowest BCUT2D eigenvalue weighted by Crippen LogP contribution is -2.46. The van der Waals surface area contributed by atoms with Crippen molar-refractivity contribution in [1.82, 2.24) is 0 Å². The fraction of sp³-hybridized carbons (Fsp3) is 1.00. The lowest BCUT2D eigenvalue weighted by molar-refractivity contribution is -0.274. The molecule has 0 aliphatic heterocycles. The highest BCUT2D eigenvalue weighted by molar-refractivity contribution is 7.95. The van der Waals surface area contributed by atoms with Crippen molar-refractivity contribution in [2.45, 2.75) is 23.5 Å². The number of rotatable bonds is 4. The maximum atomic E-state index is 12.2. The second kappa shape index (κ2) is 4.64. The molecule has 0 spiro atoms. The molecule has 0 aromatic heterocycles. The molecule has 0 saturated carbocycles. The largest absolute Gasteiger partial charge is 0.538 e. The summed E-state index contributed by atoms with van der Waals surface area (Å²) in [5.74, 6) is -5.86. The molecule has 0 heterocycles. The number of nitrogens with zero attached hydrogens (tertiary/aromatic N) is 1. The summed E-state index contributed by atoms with van der Waals surface area (Å²) < 4.78 is 140. The molecule has 0 saturated heterocycles. The summed E-state index contributed by atoms with van der Waals surface area (Å²) >= 11 is 0. The number of hydrogen-bond donors (Lipinski definition) is 0. The van der Waals surface area contributed by atoms with Gasteiger partial charge in [0.05, 0.1) is 0 Å². The molecule has 0 amide bonds. The van der Waals surface area contributed by atoms with E-state index < -0.39 is 40.1 Å². The molecule has 0 radical (unpaired) electrons. The third-order valence-corrected chi connectivity index (χ3v) is 2.85. The second-order valence-electron chi connectivity index (χ2n) is 2.98. The van der Waals surface area contributed by atoms with Crippen LogP contribution < -0.4 is 0 Å². The molecule has 0 bridgehead atoms. The maximum Gasteiger partial charge on any atom is 0.467 e. The Hall–Kier alpha value is -0.790. The van der Waals surface area contributed by atoms with Crippen molar-refractivity contribution in [3.63, 3.8) is 0 Å². The highest BCUT2D eigenvalue weighted by atomic mass is 32.2. The molecular weight excluding hydrogens is 328 g/mol. The van der Waals surface area contributed by atoms with Crippen LogP contribution in [0.5, 0.6) is 0 Å². The predicted molar refractivity (Wildman–Crippen MR) is 39.1 cm³/mol. The van der Waals surface area contributed by atoms with E-state index in [4.69, 9.17) is 0 Å². The molecule has 0 unspecified atom stereocenters. The minimum atomic E-state index is -6.92. The van der Waals surface area contributed by atoms with Gasteiger partial charge in [0.15, 0.2) is 0 Å². The fourth-order valence-corrected chi connectivity index (χ4v) is 1.27. The van der Waals surface area contributed by atoms with Gasteiger partial charge < -0.3 is 4.72 Å². The molecule has 3 nitrogen and oxygen atoms in total. The van der Waals surface area contributed by atoms with Crippen molar-refractivity contribution < 1.29 is 52.3 Å². The zero-order chi connectivity index (χ0) is 15.9. The Morgan fingerprint density at radius 1 is 0.737 bits per heavy atom. The number of halogens is 10. The Morgan fingerprint density at radius 2 is 1.11 bits per heavy atom. The van der Waals surface area contributed by atoms with Gasteiger partial charge in [-0.3, -0.25) is 0 Å². The van der Waals surface area contributed by atoms with E-state index in [1.807, 2.05) is 0 Å². The predicted octanol–water partition coefficient (Wildman–Crippen LogP) is 3.04. The van der Waals surface area contributed by atoms with Gasteiger partial charge in [0.2, 0.25) is 0 Å². The average Bonchev–Trinajstić information content (AvgIpc) is 2.11. The van der Waals surface area contributed by atoms with E-state index >= 15 is 0 Å². The lowest BCUT2D eigenvalue weighted by atomic mass is 10.3. The first-order valence-corrected chi connectivity index (χ1v) is 5.22. The van der Waals surface area contributed by atoms with Crippen LogP contribution in [-0.4, -0.2) is 38.5 Å². The van der Waals surface area contributed by atoms with E-state index in [1.54, 1.807) is 0 Å². The Balaban J connectivity index is 5.14.